The van der Waals surface area contributed by atoms with Crippen molar-refractivity contribution in [3.05, 3.63) is 35.1 Å². The van der Waals surface area contributed by atoms with Crippen LogP contribution in [0.15, 0.2) is 18.2 Å². The van der Waals surface area contributed by atoms with Crippen LogP contribution in [0, 0.1) is 17.7 Å². The lowest BCUT2D eigenvalue weighted by Crippen LogP contribution is -2.35. The fourth-order valence-electron chi connectivity index (χ4n) is 2.05. The number of halogens is 1. The van der Waals surface area contributed by atoms with Gasteiger partial charge < -0.3 is 10.5 Å². The van der Waals surface area contributed by atoms with E-state index in [9.17, 15) is 4.39 Å². The van der Waals surface area contributed by atoms with Crippen molar-refractivity contribution in [1.29, 1.82) is 0 Å². The van der Waals surface area contributed by atoms with Crippen LogP contribution >= 0.6 is 0 Å². The summed E-state index contributed by atoms with van der Waals surface area (Å²) in [6.07, 6.45) is 1.02. The van der Waals surface area contributed by atoms with Gasteiger partial charge in [-0.05, 0) is 25.5 Å². The van der Waals surface area contributed by atoms with Crippen molar-refractivity contribution in [2.75, 3.05) is 26.8 Å². The van der Waals surface area contributed by atoms with Crippen LogP contribution in [-0.2, 0) is 11.3 Å². The molecule has 0 saturated carbocycles. The third-order valence-corrected chi connectivity index (χ3v) is 3.56. The average molecular weight is 292 g/mol. The fourth-order valence-corrected chi connectivity index (χ4v) is 2.05. The van der Waals surface area contributed by atoms with Crippen molar-refractivity contribution in [3.63, 3.8) is 0 Å². The van der Waals surface area contributed by atoms with Crippen molar-refractivity contribution < 1.29 is 9.13 Å². The molecular formula is C17H25FN2O. The summed E-state index contributed by atoms with van der Waals surface area (Å²) in [5.41, 5.74) is 6.67. The number of nitrogens with zero attached hydrogens (tertiary/aromatic N) is 1. The van der Waals surface area contributed by atoms with Gasteiger partial charge in [0.05, 0.1) is 13.2 Å². The van der Waals surface area contributed by atoms with Crippen molar-refractivity contribution >= 4 is 0 Å². The summed E-state index contributed by atoms with van der Waals surface area (Å²) < 4.78 is 19.3. The molecule has 0 saturated heterocycles. The first-order valence-corrected chi connectivity index (χ1v) is 7.32. The fraction of sp³-hybridized carbons (Fsp3) is 0.529. The van der Waals surface area contributed by atoms with Crippen molar-refractivity contribution in [2.24, 2.45) is 5.73 Å². The minimum atomic E-state index is -0.218. The van der Waals surface area contributed by atoms with Crippen molar-refractivity contribution in [2.45, 2.75) is 32.9 Å². The lowest BCUT2D eigenvalue weighted by atomic mass is 10.1. The van der Waals surface area contributed by atoms with Gasteiger partial charge in [0, 0.05) is 37.4 Å². The van der Waals surface area contributed by atoms with Crippen LogP contribution in [0.3, 0.4) is 0 Å². The van der Waals surface area contributed by atoms with E-state index in [0.717, 1.165) is 13.0 Å². The molecule has 0 aliphatic rings. The number of ether oxygens (including phenoxy) is 1. The molecule has 2 N–H and O–H groups in total. The van der Waals surface area contributed by atoms with Crippen molar-refractivity contribution in [3.8, 4) is 11.8 Å². The Balaban J connectivity index is 2.83. The molecule has 1 aromatic rings. The first-order valence-electron chi connectivity index (χ1n) is 7.32. The molecule has 1 atom stereocenters. The maximum Gasteiger partial charge on any atom is 0.128 e. The minimum Gasteiger partial charge on any atom is -0.383 e. The average Bonchev–Trinajstić information content (AvgIpc) is 2.50. The monoisotopic (exact) mass is 292 g/mol. The second kappa shape index (κ2) is 9.51. The largest absolute Gasteiger partial charge is 0.383 e. The molecule has 0 bridgehead atoms. The quantitative estimate of drug-likeness (QED) is 0.784. The number of rotatable bonds is 7. The van der Waals surface area contributed by atoms with Crippen LogP contribution in [-0.4, -0.2) is 37.7 Å². The van der Waals surface area contributed by atoms with E-state index < -0.39 is 0 Å². The van der Waals surface area contributed by atoms with E-state index in [4.69, 9.17) is 10.5 Å². The van der Waals surface area contributed by atoms with Gasteiger partial charge >= 0.3 is 0 Å². The molecule has 116 valence electrons. The number of benzene rings is 1. The van der Waals surface area contributed by atoms with Crippen LogP contribution in [0.5, 0.6) is 0 Å². The van der Waals surface area contributed by atoms with Gasteiger partial charge in [-0.15, -0.1) is 0 Å². The Hall–Kier alpha value is -1.41. The van der Waals surface area contributed by atoms with Crippen LogP contribution in [0.1, 0.15) is 31.4 Å². The number of hydrogen-bond acceptors (Lipinski definition) is 3. The van der Waals surface area contributed by atoms with Gasteiger partial charge in [0.25, 0.3) is 0 Å². The van der Waals surface area contributed by atoms with E-state index in [2.05, 4.69) is 30.6 Å². The third-order valence-electron chi connectivity index (χ3n) is 3.56. The zero-order chi connectivity index (χ0) is 15.7. The van der Waals surface area contributed by atoms with Gasteiger partial charge in [-0.3, -0.25) is 4.90 Å². The lowest BCUT2D eigenvalue weighted by molar-refractivity contribution is 0.117. The highest BCUT2D eigenvalue weighted by atomic mass is 19.1. The summed E-state index contributed by atoms with van der Waals surface area (Å²) >= 11 is 0. The third kappa shape index (κ3) is 5.84. The van der Waals surface area contributed by atoms with Gasteiger partial charge in [0.2, 0.25) is 0 Å². The molecule has 1 aromatic carbocycles. The topological polar surface area (TPSA) is 38.5 Å². The minimum absolute atomic E-state index is 0.218. The summed E-state index contributed by atoms with van der Waals surface area (Å²) in [7, 11) is 1.68. The summed E-state index contributed by atoms with van der Waals surface area (Å²) in [4.78, 5) is 2.23. The molecule has 0 aromatic heterocycles. The Bertz CT molecular complexity index is 493. The maximum absolute atomic E-state index is 14.2. The highest BCUT2D eigenvalue weighted by Gasteiger charge is 2.14. The van der Waals surface area contributed by atoms with Gasteiger partial charge in [0.15, 0.2) is 0 Å². The zero-order valence-corrected chi connectivity index (χ0v) is 13.2. The standard InChI is InChI=1S/C17H25FN2O/c1-4-14(2)20(10-11-21-3)13-16-8-7-15(6-5-9-19)12-17(16)18/h7-8,12,14H,4,9-11,13,19H2,1-3H3. The maximum atomic E-state index is 14.2. The SMILES string of the molecule is CCC(C)N(CCOC)Cc1ccc(C#CCN)cc1F. The first kappa shape index (κ1) is 17.6. The summed E-state index contributed by atoms with van der Waals surface area (Å²) in [6.45, 7) is 6.57. The zero-order valence-electron chi connectivity index (χ0n) is 13.2. The molecular weight excluding hydrogens is 267 g/mol. The van der Waals surface area contributed by atoms with Crippen LogP contribution in [0.2, 0.25) is 0 Å². The van der Waals surface area contributed by atoms with Crippen molar-refractivity contribution in [1.82, 2.24) is 4.90 Å². The molecule has 0 aliphatic heterocycles. The molecule has 1 unspecified atom stereocenters. The van der Waals surface area contributed by atoms with E-state index >= 15 is 0 Å². The van der Waals surface area contributed by atoms with E-state index in [1.807, 2.05) is 6.07 Å². The van der Waals surface area contributed by atoms with Gasteiger partial charge in [-0.25, -0.2) is 4.39 Å². The molecule has 21 heavy (non-hydrogen) atoms. The molecule has 4 heteroatoms. The smallest absolute Gasteiger partial charge is 0.128 e. The highest BCUT2D eigenvalue weighted by Crippen LogP contribution is 2.15. The number of methoxy groups -OCH3 is 1. The molecule has 0 spiro atoms. The van der Waals surface area contributed by atoms with Gasteiger partial charge in [-0.2, -0.15) is 0 Å². The number of hydrogen-bond donors (Lipinski definition) is 1. The Morgan fingerprint density at radius 3 is 2.76 bits per heavy atom. The summed E-state index contributed by atoms with van der Waals surface area (Å²) in [5.74, 6) is 5.36. The number of nitrogens with two attached hydrogens (primary N) is 1. The van der Waals surface area contributed by atoms with Crippen LogP contribution in [0.25, 0.3) is 0 Å². The van der Waals surface area contributed by atoms with Crippen LogP contribution < -0.4 is 5.73 Å². The van der Waals surface area contributed by atoms with E-state index in [1.165, 1.54) is 6.07 Å². The van der Waals surface area contributed by atoms with E-state index in [0.29, 0.717) is 30.3 Å². The molecule has 0 radical (unpaired) electrons. The van der Waals surface area contributed by atoms with Gasteiger partial charge in [-0.1, -0.05) is 24.8 Å². The lowest BCUT2D eigenvalue weighted by Gasteiger charge is -2.28. The summed E-state index contributed by atoms with van der Waals surface area (Å²) in [6, 6.07) is 5.50. The predicted octanol–water partition coefficient (Wildman–Crippen LogP) is 2.38. The molecule has 1 rings (SSSR count). The highest BCUT2D eigenvalue weighted by molar-refractivity contribution is 5.37. The van der Waals surface area contributed by atoms with E-state index in [1.54, 1.807) is 13.2 Å². The van der Waals surface area contributed by atoms with E-state index in [-0.39, 0.29) is 12.4 Å². The Labute approximate surface area is 127 Å². The second-order valence-electron chi connectivity index (χ2n) is 5.03. The Kier molecular flexibility index (Phi) is 7.99. The molecule has 0 heterocycles. The molecule has 0 aliphatic carbocycles. The second-order valence-corrected chi connectivity index (χ2v) is 5.03. The molecule has 3 nitrogen and oxygen atoms in total. The molecule has 0 amide bonds. The first-order chi connectivity index (χ1) is 10.1. The Morgan fingerprint density at radius 1 is 1.43 bits per heavy atom. The van der Waals surface area contributed by atoms with Crippen LogP contribution in [0.4, 0.5) is 4.39 Å². The van der Waals surface area contributed by atoms with Gasteiger partial charge in [0.1, 0.15) is 5.82 Å². The summed E-state index contributed by atoms with van der Waals surface area (Å²) in [5, 5.41) is 0. The molecule has 0 fully saturated rings. The Morgan fingerprint density at radius 2 is 2.19 bits per heavy atom. The normalized spacial score (nSPS) is 12.1. The predicted molar refractivity (Wildman–Crippen MR) is 84.4 cm³/mol.